The quantitative estimate of drug-likeness (QED) is 0.324. The van der Waals surface area contributed by atoms with Crippen molar-refractivity contribution in [1.82, 2.24) is 4.90 Å². The van der Waals surface area contributed by atoms with Gasteiger partial charge in [-0.3, -0.25) is 15.3 Å². The van der Waals surface area contributed by atoms with Crippen LogP contribution in [-0.4, -0.2) is 72.2 Å². The van der Waals surface area contributed by atoms with Crippen molar-refractivity contribution < 1.29 is 29.1 Å². The van der Waals surface area contributed by atoms with Crippen molar-refractivity contribution in [2.45, 2.75) is 30.4 Å². The Morgan fingerprint density at radius 2 is 2.36 bits per heavy atom. The van der Waals surface area contributed by atoms with Gasteiger partial charge in [0.05, 0.1) is 6.61 Å². The van der Waals surface area contributed by atoms with Crippen molar-refractivity contribution in [3.05, 3.63) is 0 Å². The van der Waals surface area contributed by atoms with Gasteiger partial charge in [-0.05, 0) is 12.7 Å². The van der Waals surface area contributed by atoms with E-state index in [0.29, 0.717) is 12.7 Å². The molecule has 0 bridgehead atoms. The Labute approximate surface area is 128 Å². The van der Waals surface area contributed by atoms with Gasteiger partial charge in [0.15, 0.2) is 0 Å². The highest BCUT2D eigenvalue weighted by Gasteiger charge is 2.54. The van der Waals surface area contributed by atoms with Gasteiger partial charge in [-0.15, -0.1) is 0 Å². The van der Waals surface area contributed by atoms with E-state index in [-0.39, 0.29) is 19.0 Å². The van der Waals surface area contributed by atoms with Gasteiger partial charge >= 0.3 is 13.1 Å². The summed E-state index contributed by atoms with van der Waals surface area (Å²) in [6.45, 7) is -0.854. The molecular formula is C12H22BN3O6. The lowest BCUT2D eigenvalue weighted by molar-refractivity contribution is -0.154. The minimum atomic E-state index is -2.38. The summed E-state index contributed by atoms with van der Waals surface area (Å²) in [5.74, 6) is -1.79. The zero-order valence-corrected chi connectivity index (χ0v) is 12.5. The van der Waals surface area contributed by atoms with E-state index in [1.165, 1.54) is 12.0 Å². The highest BCUT2D eigenvalue weighted by molar-refractivity contribution is 6.47. The third-order valence-corrected chi connectivity index (χ3v) is 4.39. The molecule has 0 spiro atoms. The molecule has 10 heteroatoms. The number of nitrogens with zero attached hydrogens (tertiary/aromatic N) is 1. The molecule has 6 N–H and O–H groups in total. The standard InChI is InChI=1S/C12H22BN3O6/c1-21-13-4-2-3-8-5-16(9(18)12(15,20)7-17)6-11(8,14)10(19)22-13/h8,17,20H,2-7,14-15H2,1H3/t8-,11-,12+/m0/s1. The predicted molar refractivity (Wildman–Crippen MR) is 76.1 cm³/mol. The largest absolute Gasteiger partial charge is 0.527 e. The van der Waals surface area contributed by atoms with Crippen molar-refractivity contribution in [1.29, 1.82) is 0 Å². The molecule has 3 atom stereocenters. The van der Waals surface area contributed by atoms with Gasteiger partial charge in [-0.2, -0.15) is 0 Å². The molecule has 0 aromatic carbocycles. The second-order valence-corrected chi connectivity index (χ2v) is 6.01. The molecule has 0 aromatic heterocycles. The fraction of sp³-hybridized carbons (Fsp3) is 0.833. The zero-order valence-electron chi connectivity index (χ0n) is 12.5. The van der Waals surface area contributed by atoms with Crippen LogP contribution in [-0.2, 0) is 18.9 Å². The number of amides is 1. The predicted octanol–water partition coefficient (Wildman–Crippen LogP) is -2.75. The Bertz CT molecular complexity index is 462. The molecule has 0 saturated carbocycles. The Morgan fingerprint density at radius 1 is 1.68 bits per heavy atom. The first-order valence-electron chi connectivity index (χ1n) is 7.19. The van der Waals surface area contributed by atoms with Gasteiger partial charge in [0, 0.05) is 26.1 Å². The number of likely N-dealkylation sites (tertiary alicyclic amines) is 1. The van der Waals surface area contributed by atoms with E-state index in [9.17, 15) is 14.7 Å². The molecule has 2 saturated heterocycles. The van der Waals surface area contributed by atoms with Gasteiger partial charge in [0.2, 0.25) is 5.72 Å². The number of fused-ring (bicyclic) bond motifs is 1. The van der Waals surface area contributed by atoms with E-state index >= 15 is 0 Å². The second-order valence-electron chi connectivity index (χ2n) is 6.01. The Kier molecular flexibility index (Phi) is 4.78. The van der Waals surface area contributed by atoms with Crippen LogP contribution < -0.4 is 11.5 Å². The number of rotatable bonds is 3. The molecule has 2 aliphatic heterocycles. The minimum Gasteiger partial charge on any atom is -0.508 e. The van der Waals surface area contributed by atoms with Crippen LogP contribution in [0.1, 0.15) is 12.8 Å². The van der Waals surface area contributed by atoms with Crippen molar-refractivity contribution in [2.75, 3.05) is 26.8 Å². The van der Waals surface area contributed by atoms with Gasteiger partial charge in [0.25, 0.3) is 5.91 Å². The van der Waals surface area contributed by atoms with Gasteiger partial charge < -0.3 is 30.2 Å². The maximum atomic E-state index is 12.3. The van der Waals surface area contributed by atoms with E-state index in [1.54, 1.807) is 0 Å². The summed E-state index contributed by atoms with van der Waals surface area (Å²) in [4.78, 5) is 25.7. The van der Waals surface area contributed by atoms with Gasteiger partial charge in [-0.1, -0.05) is 6.42 Å². The van der Waals surface area contributed by atoms with Crippen molar-refractivity contribution >= 4 is 19.0 Å². The van der Waals surface area contributed by atoms with Crippen LogP contribution in [0.2, 0.25) is 6.32 Å². The van der Waals surface area contributed by atoms with Crippen LogP contribution in [0.3, 0.4) is 0 Å². The van der Waals surface area contributed by atoms with Crippen LogP contribution >= 0.6 is 0 Å². The summed E-state index contributed by atoms with van der Waals surface area (Å²) in [6, 6.07) is 0. The van der Waals surface area contributed by atoms with Crippen molar-refractivity contribution in [3.63, 3.8) is 0 Å². The van der Waals surface area contributed by atoms with E-state index in [0.717, 1.165) is 6.42 Å². The normalized spacial score (nSPS) is 31.9. The van der Waals surface area contributed by atoms with E-state index in [4.69, 9.17) is 25.9 Å². The maximum Gasteiger partial charge on any atom is 0.527 e. The molecule has 2 rings (SSSR count). The summed E-state index contributed by atoms with van der Waals surface area (Å²) >= 11 is 0. The number of aliphatic hydroxyl groups excluding tert-OH is 1. The Morgan fingerprint density at radius 3 is 2.95 bits per heavy atom. The summed E-state index contributed by atoms with van der Waals surface area (Å²) in [7, 11) is 0.794. The molecule has 0 radical (unpaired) electrons. The number of nitrogens with two attached hydrogens (primary N) is 2. The molecule has 2 fully saturated rings. The molecule has 0 aliphatic carbocycles. The van der Waals surface area contributed by atoms with Crippen LogP contribution in [0.25, 0.3) is 0 Å². The molecule has 124 valence electrons. The lowest BCUT2D eigenvalue weighted by Crippen LogP contribution is -2.60. The average Bonchev–Trinajstić information content (AvgIpc) is 2.81. The second kappa shape index (κ2) is 6.13. The number of hydrogen-bond acceptors (Lipinski definition) is 8. The summed E-state index contributed by atoms with van der Waals surface area (Å²) < 4.78 is 10.3. The first kappa shape index (κ1) is 17.2. The molecule has 0 unspecified atom stereocenters. The Balaban J connectivity index is 2.18. The summed E-state index contributed by atoms with van der Waals surface area (Å²) in [5.41, 5.74) is 7.80. The average molecular weight is 315 g/mol. The third kappa shape index (κ3) is 2.97. The fourth-order valence-corrected chi connectivity index (χ4v) is 3.00. The lowest BCUT2D eigenvalue weighted by Gasteiger charge is -2.31. The molecule has 1 amide bonds. The third-order valence-electron chi connectivity index (χ3n) is 4.39. The number of aliphatic hydroxyl groups is 2. The van der Waals surface area contributed by atoms with Gasteiger partial charge in [0.1, 0.15) is 5.54 Å². The van der Waals surface area contributed by atoms with E-state index in [1.807, 2.05) is 0 Å². The highest BCUT2D eigenvalue weighted by atomic mass is 16.6. The summed E-state index contributed by atoms with van der Waals surface area (Å²) in [5, 5.41) is 18.7. The van der Waals surface area contributed by atoms with Crippen molar-refractivity contribution in [3.8, 4) is 0 Å². The molecule has 2 aliphatic rings. The van der Waals surface area contributed by atoms with Crippen LogP contribution in [0.4, 0.5) is 0 Å². The molecule has 22 heavy (non-hydrogen) atoms. The first-order chi connectivity index (χ1) is 10.2. The SMILES string of the molecule is COB1CCC[C@H]2CN(C(=O)[C@](N)(O)CO)C[C@@]2(N)C(=O)O1. The van der Waals surface area contributed by atoms with Crippen molar-refractivity contribution in [2.24, 2.45) is 17.4 Å². The van der Waals surface area contributed by atoms with E-state index in [2.05, 4.69) is 0 Å². The molecule has 2 heterocycles. The smallest absolute Gasteiger partial charge is 0.508 e. The fourth-order valence-electron chi connectivity index (χ4n) is 3.00. The molecule has 0 aromatic rings. The lowest BCUT2D eigenvalue weighted by atomic mass is 9.75. The van der Waals surface area contributed by atoms with E-state index < -0.39 is 36.9 Å². The first-order valence-corrected chi connectivity index (χ1v) is 7.19. The number of carbonyl (C=O) groups excluding carboxylic acids is 2. The molecular weight excluding hydrogens is 293 g/mol. The minimum absolute atomic E-state index is 0.120. The van der Waals surface area contributed by atoms with Gasteiger partial charge in [-0.25, -0.2) is 0 Å². The van der Waals surface area contributed by atoms with Crippen LogP contribution in [0, 0.1) is 5.92 Å². The monoisotopic (exact) mass is 315 g/mol. The topological polar surface area (TPSA) is 148 Å². The number of carbonyl (C=O) groups is 2. The summed E-state index contributed by atoms with van der Waals surface area (Å²) in [6.07, 6.45) is 1.90. The Hall–Kier alpha value is -1.20. The highest BCUT2D eigenvalue weighted by Crippen LogP contribution is 2.34. The van der Waals surface area contributed by atoms with Crippen LogP contribution in [0.15, 0.2) is 0 Å². The van der Waals surface area contributed by atoms with Crippen LogP contribution in [0.5, 0.6) is 0 Å². The zero-order chi connectivity index (χ0) is 16.5. The number of hydrogen-bond donors (Lipinski definition) is 4. The molecule has 9 nitrogen and oxygen atoms in total. The maximum absolute atomic E-state index is 12.3.